The molecule has 0 saturated carbocycles. The Bertz CT molecular complexity index is 1850. The zero-order valence-corrected chi connectivity index (χ0v) is 37.6. The van der Waals surface area contributed by atoms with Crippen LogP contribution in [0.25, 0.3) is 32.8 Å². The maximum Gasteiger partial charge on any atom is 0 e. The van der Waals surface area contributed by atoms with E-state index in [1.54, 1.807) is 0 Å². The molecular formula is C45H62GeIrNO2-. The maximum atomic E-state index is 11.7. The van der Waals surface area contributed by atoms with E-state index in [4.69, 9.17) is 4.98 Å². The van der Waals surface area contributed by atoms with Gasteiger partial charge in [0.25, 0.3) is 0 Å². The number of rotatable bonds is 10. The molecule has 0 spiro atoms. The molecule has 0 atom stereocenters. The molecule has 1 aromatic heterocycles. The van der Waals surface area contributed by atoms with Gasteiger partial charge in [0.15, 0.2) is 5.78 Å². The fourth-order valence-corrected chi connectivity index (χ4v) is 10.9. The number of hydrogen-bond donors (Lipinski definition) is 1. The van der Waals surface area contributed by atoms with Crippen molar-refractivity contribution in [3.8, 4) is 11.3 Å². The van der Waals surface area contributed by atoms with E-state index in [0.717, 1.165) is 37.8 Å². The number of aliphatic hydroxyl groups is 1. The molecule has 0 bridgehead atoms. The van der Waals surface area contributed by atoms with Crippen molar-refractivity contribution in [1.82, 2.24) is 4.98 Å². The minimum absolute atomic E-state index is 0. The Balaban J connectivity index is 0.000000361. The third-order valence-corrected chi connectivity index (χ3v) is 13.5. The van der Waals surface area contributed by atoms with Crippen LogP contribution in [-0.2, 0) is 42.0 Å². The molecule has 0 unspecified atom stereocenters. The number of pyridine rings is 1. The summed E-state index contributed by atoms with van der Waals surface area (Å²) < 4.78 is 0. The van der Waals surface area contributed by atoms with Crippen LogP contribution >= 0.6 is 0 Å². The van der Waals surface area contributed by atoms with Gasteiger partial charge in [0.1, 0.15) is 0 Å². The van der Waals surface area contributed by atoms with Gasteiger partial charge < -0.3 is 5.11 Å². The van der Waals surface area contributed by atoms with Crippen LogP contribution in [0.1, 0.15) is 116 Å². The summed E-state index contributed by atoms with van der Waals surface area (Å²) >= 11 is -1.69. The van der Waals surface area contributed by atoms with Gasteiger partial charge in [-0.25, -0.2) is 0 Å². The number of carbonyl (C=O) groups is 1. The van der Waals surface area contributed by atoms with E-state index >= 15 is 0 Å². The molecular weight excluding hydrogens is 851 g/mol. The standard InChI is InChI=1S/C32H38GeN.C13H24O2.Ir/c1-20-25-15-21(19-33(7,8)9)10-11-23(25)17-26-29(20)32(5,6)27-16-22(18-31(2,3)4)14-24-12-13-34-30(26)28(24)27;1-5-10(6-2)12(14)9-13(15)11(7-3)8-4;/h10-16H,18-19H2,1-9H3;9-11,14H,5-8H2,1-4H3;/q-1;;/b;12-9-;. The van der Waals surface area contributed by atoms with E-state index in [0.29, 0.717) is 0 Å². The van der Waals surface area contributed by atoms with E-state index in [1.807, 2.05) is 33.9 Å². The maximum absolute atomic E-state index is 11.7. The molecule has 0 saturated heterocycles. The number of benzene rings is 3. The van der Waals surface area contributed by atoms with Crippen LogP contribution in [-0.4, -0.2) is 29.1 Å². The number of ketones is 1. The first-order chi connectivity index (χ1) is 22.8. The largest absolute Gasteiger partial charge is 0 e. The van der Waals surface area contributed by atoms with E-state index < -0.39 is 13.3 Å². The summed E-state index contributed by atoms with van der Waals surface area (Å²) in [6.45, 7) is 22.2. The molecule has 50 heavy (non-hydrogen) atoms. The Morgan fingerprint density at radius 2 is 1.56 bits per heavy atom. The SMILES string of the molecule is CCC(CC)C(=O)/C=C(\O)C(CC)CC.Cc1c2c([c-]c3ccc([CH2][Ge]([CH3])([CH3])[CH3])cc13)-c1nccc3cc(CC(C)(C)C)cc(c13)C2(C)C.[Ir]. The molecule has 273 valence electrons. The Morgan fingerprint density at radius 3 is 2.12 bits per heavy atom. The predicted octanol–water partition coefficient (Wildman–Crippen LogP) is 12.7. The van der Waals surface area contributed by atoms with Gasteiger partial charge in [-0.1, -0.05) is 48.5 Å². The summed E-state index contributed by atoms with van der Waals surface area (Å²) in [6.07, 6.45) is 7.96. The third-order valence-electron chi connectivity index (χ3n) is 10.4. The van der Waals surface area contributed by atoms with Gasteiger partial charge in [-0.05, 0) is 25.7 Å². The van der Waals surface area contributed by atoms with Crippen molar-refractivity contribution < 1.29 is 30.0 Å². The fourth-order valence-electron chi connectivity index (χ4n) is 7.90. The van der Waals surface area contributed by atoms with Crippen molar-refractivity contribution >= 4 is 40.6 Å². The van der Waals surface area contributed by atoms with E-state index in [9.17, 15) is 9.90 Å². The molecule has 3 nitrogen and oxygen atoms in total. The second kappa shape index (κ2) is 16.6. The Morgan fingerprint density at radius 1 is 0.940 bits per heavy atom. The van der Waals surface area contributed by atoms with Crippen molar-refractivity contribution in [2.45, 2.75) is 129 Å². The van der Waals surface area contributed by atoms with E-state index in [1.165, 1.54) is 66.3 Å². The zero-order valence-electron chi connectivity index (χ0n) is 33.2. The van der Waals surface area contributed by atoms with Gasteiger partial charge in [0.05, 0.1) is 5.76 Å². The Kier molecular flexibility index (Phi) is 14.0. The van der Waals surface area contributed by atoms with Crippen LogP contribution in [0, 0.1) is 30.2 Å². The number of aliphatic hydroxyl groups excluding tert-OH is 1. The summed E-state index contributed by atoms with van der Waals surface area (Å²) in [5, 5.41) is 16.2. The molecule has 3 aromatic carbocycles. The van der Waals surface area contributed by atoms with Gasteiger partial charge in [-0.15, -0.1) is 0 Å². The topological polar surface area (TPSA) is 50.2 Å². The molecule has 5 rings (SSSR count). The molecule has 0 amide bonds. The summed E-state index contributed by atoms with van der Waals surface area (Å²) in [7, 11) is 0. The number of fused-ring (bicyclic) bond motifs is 3. The molecule has 1 N–H and O–H groups in total. The number of nitrogens with zero attached hydrogens (tertiary/aromatic N) is 1. The fraction of sp³-hybridized carbons (Fsp3) is 0.511. The van der Waals surface area contributed by atoms with Crippen molar-refractivity contribution in [3.63, 3.8) is 0 Å². The number of carbonyl (C=O) groups excluding carboxylic acids is 1. The van der Waals surface area contributed by atoms with Gasteiger partial charge in [0.2, 0.25) is 0 Å². The molecule has 0 aliphatic heterocycles. The normalized spacial score (nSPS) is 14.0. The number of hydrogen-bond acceptors (Lipinski definition) is 3. The van der Waals surface area contributed by atoms with Crippen molar-refractivity contribution in [2.75, 3.05) is 0 Å². The first-order valence-electron chi connectivity index (χ1n) is 18.7. The third kappa shape index (κ3) is 9.39. The van der Waals surface area contributed by atoms with E-state index in [2.05, 4.69) is 101 Å². The van der Waals surface area contributed by atoms with E-state index in [-0.39, 0.29) is 54.3 Å². The van der Waals surface area contributed by atoms with Crippen LogP contribution in [0.5, 0.6) is 0 Å². The minimum atomic E-state index is -1.69. The first-order valence-corrected chi connectivity index (χ1v) is 26.5. The van der Waals surface area contributed by atoms with Crippen LogP contribution in [0.4, 0.5) is 0 Å². The second-order valence-corrected chi connectivity index (χ2v) is 28.9. The molecule has 5 heteroatoms. The van der Waals surface area contributed by atoms with Crippen LogP contribution in [0.2, 0.25) is 17.3 Å². The van der Waals surface area contributed by atoms with Crippen molar-refractivity contribution in [1.29, 1.82) is 0 Å². The Hall–Kier alpha value is -2.27. The second-order valence-electron chi connectivity index (χ2n) is 17.4. The average Bonchev–Trinajstić information content (AvgIpc) is 2.99. The van der Waals surface area contributed by atoms with Gasteiger partial charge >= 0.3 is 188 Å². The average molecular weight is 914 g/mol. The van der Waals surface area contributed by atoms with Crippen molar-refractivity contribution in [2.24, 2.45) is 17.3 Å². The molecule has 1 aliphatic carbocycles. The monoisotopic (exact) mass is 915 g/mol. The number of allylic oxidation sites excluding steroid dienone is 2. The molecule has 1 heterocycles. The molecule has 0 fully saturated rings. The molecule has 1 aliphatic rings. The van der Waals surface area contributed by atoms with Crippen LogP contribution < -0.4 is 0 Å². The van der Waals surface area contributed by atoms with Crippen LogP contribution in [0.15, 0.2) is 54.4 Å². The van der Waals surface area contributed by atoms with Crippen LogP contribution in [0.3, 0.4) is 0 Å². The predicted molar refractivity (Wildman–Crippen MR) is 214 cm³/mol. The van der Waals surface area contributed by atoms with Gasteiger partial charge in [-0.3, -0.25) is 4.79 Å². The zero-order chi connectivity index (χ0) is 36.5. The summed E-state index contributed by atoms with van der Waals surface area (Å²) in [6, 6.07) is 18.0. The quantitative estimate of drug-likeness (QED) is 0.0746. The number of aryl methyl sites for hydroxylation is 1. The number of aromatic nitrogens is 1. The first kappa shape index (κ1) is 42.1. The van der Waals surface area contributed by atoms with Crippen molar-refractivity contribution in [3.05, 3.63) is 88.3 Å². The summed E-state index contributed by atoms with van der Waals surface area (Å²) in [4.78, 5) is 16.7. The van der Waals surface area contributed by atoms with Gasteiger partial charge in [-0.2, -0.15) is 0 Å². The molecule has 4 aromatic rings. The molecule has 1 radical (unpaired) electrons. The summed E-state index contributed by atoms with van der Waals surface area (Å²) in [5.74, 6) is 8.04. The Labute approximate surface area is 319 Å². The van der Waals surface area contributed by atoms with Gasteiger partial charge in [0, 0.05) is 38.0 Å². The summed E-state index contributed by atoms with van der Waals surface area (Å²) in [5.41, 5.74) is 9.54. The smallest absolute Gasteiger partial charge is 0 e. The minimum Gasteiger partial charge on any atom is 0 e.